The second-order valence-corrected chi connectivity index (χ2v) is 6.82. The Kier molecular flexibility index (Phi) is 5.24. The molecule has 1 aliphatic carbocycles. The van der Waals surface area contributed by atoms with Gasteiger partial charge in [-0.2, -0.15) is 0 Å². The molecule has 0 aliphatic heterocycles. The summed E-state index contributed by atoms with van der Waals surface area (Å²) in [7, 11) is 1.36. The minimum Gasteiger partial charge on any atom is -0.465 e. The number of fused-ring (bicyclic) bond motifs is 1. The van der Waals surface area contributed by atoms with Crippen LogP contribution in [0.5, 0.6) is 0 Å². The lowest BCUT2D eigenvalue weighted by Crippen LogP contribution is -2.04. The van der Waals surface area contributed by atoms with Crippen LogP contribution in [0.25, 0.3) is 22.2 Å². The van der Waals surface area contributed by atoms with Crippen molar-refractivity contribution in [2.45, 2.75) is 6.42 Å². The summed E-state index contributed by atoms with van der Waals surface area (Å²) in [5.74, 6) is 12.0. The Bertz CT molecular complexity index is 1190. The Hall–Kier alpha value is -3.67. The molecule has 0 radical (unpaired) electrons. The fraction of sp³-hybridized carbons (Fsp3) is 0.208. The summed E-state index contributed by atoms with van der Waals surface area (Å²) >= 11 is 0. The molecule has 1 aliphatic rings. The molecule has 4 rings (SSSR count). The van der Waals surface area contributed by atoms with Gasteiger partial charge in [-0.3, -0.25) is 4.98 Å². The van der Waals surface area contributed by atoms with Gasteiger partial charge in [-0.25, -0.2) is 9.78 Å². The van der Waals surface area contributed by atoms with Gasteiger partial charge in [0.25, 0.3) is 0 Å². The number of rotatable bonds is 3. The Morgan fingerprint density at radius 3 is 2.79 bits per heavy atom. The maximum absolute atomic E-state index is 12.2. The number of ether oxygens (including phenoxy) is 1. The summed E-state index contributed by atoms with van der Waals surface area (Å²) in [4.78, 5) is 20.9. The Morgan fingerprint density at radius 1 is 1.24 bits per heavy atom. The highest BCUT2D eigenvalue weighted by Crippen LogP contribution is 2.36. The van der Waals surface area contributed by atoms with E-state index in [-0.39, 0.29) is 12.5 Å². The standard InChI is InChI=1S/C24H18N2O3/c1-29-24(28)20-13-23(26-22-10-11-25-14-21(20)22)17-8-6-16(7-9-17)4-2-3-5-18-12-19(18)15-27/h6-11,13-14,18-19,27H,12,15H2,1H3/t18?,19-/m0/s1. The van der Waals surface area contributed by atoms with E-state index in [0.717, 1.165) is 17.5 Å². The third-order valence-electron chi connectivity index (χ3n) is 4.88. The molecule has 2 atom stereocenters. The van der Waals surface area contributed by atoms with E-state index in [4.69, 9.17) is 9.84 Å². The quantitative estimate of drug-likeness (QED) is 0.557. The van der Waals surface area contributed by atoms with E-state index in [2.05, 4.69) is 33.6 Å². The number of nitrogens with zero attached hydrogens (tertiary/aromatic N) is 2. The summed E-state index contributed by atoms with van der Waals surface area (Å²) in [5, 5.41) is 9.67. The maximum atomic E-state index is 12.2. The lowest BCUT2D eigenvalue weighted by molar-refractivity contribution is 0.0603. The number of aromatic nitrogens is 2. The van der Waals surface area contributed by atoms with Crippen molar-refractivity contribution in [3.8, 4) is 34.9 Å². The summed E-state index contributed by atoms with van der Waals surface area (Å²) < 4.78 is 4.90. The number of benzene rings is 1. The molecule has 5 nitrogen and oxygen atoms in total. The van der Waals surface area contributed by atoms with Crippen LogP contribution in [0.15, 0.2) is 48.8 Å². The lowest BCUT2D eigenvalue weighted by Gasteiger charge is -2.08. The van der Waals surface area contributed by atoms with Gasteiger partial charge < -0.3 is 9.84 Å². The van der Waals surface area contributed by atoms with Crippen LogP contribution in [0, 0.1) is 35.5 Å². The van der Waals surface area contributed by atoms with Crippen molar-refractivity contribution in [3.63, 3.8) is 0 Å². The predicted molar refractivity (Wildman–Crippen MR) is 110 cm³/mol. The van der Waals surface area contributed by atoms with Crippen molar-refractivity contribution in [2.75, 3.05) is 13.7 Å². The molecule has 1 unspecified atom stereocenters. The average Bonchev–Trinajstić information content (AvgIpc) is 3.54. The van der Waals surface area contributed by atoms with Gasteiger partial charge in [-0.1, -0.05) is 24.0 Å². The SMILES string of the molecule is COC(=O)c1cc(-c2ccc(C#CC#CC3C[C@H]3CO)cc2)nc2ccncc12. The molecule has 0 amide bonds. The van der Waals surface area contributed by atoms with Gasteiger partial charge in [0.2, 0.25) is 0 Å². The molecule has 1 aromatic carbocycles. The van der Waals surface area contributed by atoms with Crippen molar-refractivity contribution in [2.24, 2.45) is 11.8 Å². The normalized spacial score (nSPS) is 16.9. The molecule has 0 saturated heterocycles. The van der Waals surface area contributed by atoms with Crippen molar-refractivity contribution >= 4 is 16.9 Å². The number of carbonyl (C=O) groups excluding carboxylic acids is 1. The number of hydrogen-bond donors (Lipinski definition) is 1. The third-order valence-corrected chi connectivity index (χ3v) is 4.88. The zero-order chi connectivity index (χ0) is 20.2. The minimum atomic E-state index is -0.424. The van der Waals surface area contributed by atoms with Crippen LogP contribution < -0.4 is 0 Å². The van der Waals surface area contributed by atoms with E-state index in [1.165, 1.54) is 7.11 Å². The van der Waals surface area contributed by atoms with Gasteiger partial charge in [-0.05, 0) is 48.4 Å². The molecule has 0 spiro atoms. The van der Waals surface area contributed by atoms with E-state index in [1.54, 1.807) is 24.5 Å². The predicted octanol–water partition coefficient (Wildman–Crippen LogP) is 3.07. The second-order valence-electron chi connectivity index (χ2n) is 6.82. The molecule has 3 aromatic rings. The average molecular weight is 382 g/mol. The molecule has 1 fully saturated rings. The van der Waals surface area contributed by atoms with Crippen LogP contribution in [0.2, 0.25) is 0 Å². The Labute approximate surface area is 168 Å². The lowest BCUT2D eigenvalue weighted by atomic mass is 10.0. The van der Waals surface area contributed by atoms with Crippen LogP contribution >= 0.6 is 0 Å². The first kappa shape index (κ1) is 18.7. The monoisotopic (exact) mass is 382 g/mol. The van der Waals surface area contributed by atoms with Crippen LogP contribution in [-0.4, -0.2) is 34.8 Å². The molecular weight excluding hydrogens is 364 g/mol. The van der Waals surface area contributed by atoms with E-state index >= 15 is 0 Å². The molecule has 142 valence electrons. The minimum absolute atomic E-state index is 0.200. The highest BCUT2D eigenvalue weighted by atomic mass is 16.5. The van der Waals surface area contributed by atoms with Gasteiger partial charge >= 0.3 is 5.97 Å². The first-order valence-electron chi connectivity index (χ1n) is 9.25. The van der Waals surface area contributed by atoms with Crippen LogP contribution in [-0.2, 0) is 4.74 Å². The second kappa shape index (κ2) is 8.14. The summed E-state index contributed by atoms with van der Waals surface area (Å²) in [6, 6.07) is 11.1. The van der Waals surface area contributed by atoms with Gasteiger partial charge in [0.1, 0.15) is 0 Å². The third kappa shape index (κ3) is 4.11. The number of carbonyl (C=O) groups is 1. The number of hydrogen-bond acceptors (Lipinski definition) is 5. The van der Waals surface area contributed by atoms with Gasteiger partial charge in [0.05, 0.1) is 23.9 Å². The van der Waals surface area contributed by atoms with Gasteiger partial charge in [0.15, 0.2) is 0 Å². The zero-order valence-electron chi connectivity index (χ0n) is 15.8. The topological polar surface area (TPSA) is 72.3 Å². The van der Waals surface area contributed by atoms with Gasteiger partial charge in [-0.15, -0.1) is 0 Å². The van der Waals surface area contributed by atoms with Crippen molar-refractivity contribution in [3.05, 3.63) is 59.9 Å². The summed E-state index contributed by atoms with van der Waals surface area (Å²) in [6.07, 6.45) is 4.22. The number of aliphatic hydroxyl groups is 1. The fourth-order valence-corrected chi connectivity index (χ4v) is 3.08. The van der Waals surface area contributed by atoms with Gasteiger partial charge in [0, 0.05) is 41.4 Å². The fourth-order valence-electron chi connectivity index (χ4n) is 3.08. The molecule has 2 aromatic heterocycles. The molecule has 0 bridgehead atoms. The Morgan fingerprint density at radius 2 is 2.07 bits per heavy atom. The van der Waals surface area contributed by atoms with E-state index in [9.17, 15) is 4.79 Å². The van der Waals surface area contributed by atoms with E-state index < -0.39 is 5.97 Å². The number of esters is 1. The van der Waals surface area contributed by atoms with Crippen LogP contribution in [0.4, 0.5) is 0 Å². The summed E-state index contributed by atoms with van der Waals surface area (Å²) in [5.41, 5.74) is 3.50. The molecule has 29 heavy (non-hydrogen) atoms. The molecule has 1 saturated carbocycles. The summed E-state index contributed by atoms with van der Waals surface area (Å²) in [6.45, 7) is 0.200. The molecule has 2 heterocycles. The van der Waals surface area contributed by atoms with Crippen molar-refractivity contribution < 1.29 is 14.6 Å². The number of aliphatic hydroxyl groups excluding tert-OH is 1. The molecule has 1 N–H and O–H groups in total. The first-order chi connectivity index (χ1) is 14.2. The molecular formula is C24H18N2O3. The number of methoxy groups -OCH3 is 1. The largest absolute Gasteiger partial charge is 0.465 e. The first-order valence-corrected chi connectivity index (χ1v) is 9.25. The van der Waals surface area contributed by atoms with Crippen molar-refractivity contribution in [1.82, 2.24) is 9.97 Å². The highest BCUT2D eigenvalue weighted by Gasteiger charge is 2.34. The highest BCUT2D eigenvalue weighted by molar-refractivity contribution is 6.04. The van der Waals surface area contributed by atoms with Crippen LogP contribution in [0.1, 0.15) is 22.3 Å². The van der Waals surface area contributed by atoms with E-state index in [1.807, 2.05) is 24.3 Å². The Balaban J connectivity index is 1.59. The smallest absolute Gasteiger partial charge is 0.338 e. The number of pyridine rings is 2. The molecule has 5 heteroatoms. The zero-order valence-corrected chi connectivity index (χ0v) is 15.8. The maximum Gasteiger partial charge on any atom is 0.338 e. The van der Waals surface area contributed by atoms with E-state index in [0.29, 0.717) is 28.1 Å². The van der Waals surface area contributed by atoms with Crippen LogP contribution in [0.3, 0.4) is 0 Å². The van der Waals surface area contributed by atoms with Crippen molar-refractivity contribution in [1.29, 1.82) is 0 Å².